The quantitative estimate of drug-likeness (QED) is 0.610. The fourth-order valence-electron chi connectivity index (χ4n) is 2.20. The van der Waals surface area contributed by atoms with E-state index in [9.17, 15) is 9.18 Å². The number of carbonyl (C=O) groups excluding carboxylic acids is 1. The fraction of sp³-hybridized carbons (Fsp3) is 0.353. The summed E-state index contributed by atoms with van der Waals surface area (Å²) in [6, 6.07) is 7.31. The summed E-state index contributed by atoms with van der Waals surface area (Å²) in [5, 5.41) is 8.06. The number of rotatable bonds is 3. The Morgan fingerprint density at radius 3 is 2.50 bits per heavy atom. The monoisotopic (exact) mass is 404 g/mol. The normalized spacial score (nSPS) is 10.8. The van der Waals surface area contributed by atoms with Gasteiger partial charge in [0.1, 0.15) is 0 Å². The van der Waals surface area contributed by atoms with E-state index in [1.54, 1.807) is 13.0 Å². The number of nitrogens with one attached hydrogen (secondary N) is 2. The first-order chi connectivity index (χ1) is 10.7. The van der Waals surface area contributed by atoms with Crippen molar-refractivity contribution in [3.8, 4) is 0 Å². The van der Waals surface area contributed by atoms with Gasteiger partial charge < -0.3 is 10.2 Å². The van der Waals surface area contributed by atoms with E-state index in [-0.39, 0.29) is 43.7 Å². The predicted molar refractivity (Wildman–Crippen MR) is 86.5 cm³/mol. The zero-order chi connectivity index (χ0) is 17.2. The van der Waals surface area contributed by atoms with Gasteiger partial charge in [-0.05, 0) is 29.5 Å². The summed E-state index contributed by atoms with van der Waals surface area (Å²) in [5.41, 5.74) is 7.36. The molecule has 5 nitrogen and oxygen atoms in total. The Labute approximate surface area is 166 Å². The van der Waals surface area contributed by atoms with E-state index in [0.717, 1.165) is 11.3 Å². The molecule has 0 aliphatic rings. The average Bonchev–Trinajstić information content (AvgIpc) is 2.47. The van der Waals surface area contributed by atoms with Crippen molar-refractivity contribution in [1.82, 2.24) is 15.6 Å². The van der Waals surface area contributed by atoms with Crippen LogP contribution in [-0.4, -0.2) is 16.1 Å². The number of nitrogens with zero attached hydrogens (tertiary/aromatic N) is 2. The van der Waals surface area contributed by atoms with E-state index >= 15 is 0 Å². The Kier molecular flexibility index (Phi) is 6.99. The Balaban J connectivity index is 0.00000288. The number of halogens is 1. The van der Waals surface area contributed by atoms with Crippen LogP contribution in [0.1, 0.15) is 48.0 Å². The van der Waals surface area contributed by atoms with Crippen LogP contribution in [0.2, 0.25) is 0 Å². The molecule has 1 aromatic carbocycles. The molecule has 1 amide bonds. The first-order valence-electron chi connectivity index (χ1n) is 7.28. The second-order valence-corrected chi connectivity index (χ2v) is 6.42. The number of hydrogen-bond acceptors (Lipinski definition) is 4. The molecule has 2 rings (SSSR count). The summed E-state index contributed by atoms with van der Waals surface area (Å²) in [6.45, 7) is 9.82. The minimum Gasteiger partial charge on any atom is -0.326 e. The molecule has 0 aliphatic heterocycles. The number of aromatic nitrogens is 2. The molecule has 2 N–H and O–H groups in total. The number of amides is 1. The molecule has 7 heteroatoms. The second kappa shape index (κ2) is 8.12. The Morgan fingerprint density at radius 2 is 1.88 bits per heavy atom. The number of aryl methyl sites for hydroxylation is 2. The van der Waals surface area contributed by atoms with Crippen molar-refractivity contribution in [2.24, 2.45) is 0 Å². The molecule has 122 valence electrons. The maximum absolute atomic E-state index is 13.7. The Hall–Kier alpha value is -1.40. The fourth-order valence-corrected chi connectivity index (χ4v) is 2.20. The van der Waals surface area contributed by atoms with Gasteiger partial charge in [0.05, 0.1) is 5.69 Å². The maximum atomic E-state index is 13.7. The number of benzene rings is 1. The van der Waals surface area contributed by atoms with Crippen LogP contribution in [0, 0.1) is 25.7 Å². The van der Waals surface area contributed by atoms with Crippen molar-refractivity contribution in [3.63, 3.8) is 0 Å². The zero-order valence-corrected chi connectivity index (χ0v) is 17.3. The summed E-state index contributed by atoms with van der Waals surface area (Å²) >= 11 is 0. The summed E-state index contributed by atoms with van der Waals surface area (Å²) < 4.78 is 13.7. The molecule has 2 aromatic rings. The van der Waals surface area contributed by atoms with Gasteiger partial charge in [0, 0.05) is 5.82 Å². The SMILES string of the molecule is Cc1[c-]c(C(=O)NNc2cc(C(C)(C)C)c(C)nn2)c(F)cc1.[Y+3]. The molecule has 1 heterocycles. The minimum atomic E-state index is -0.625. The van der Waals surface area contributed by atoms with E-state index in [4.69, 9.17) is 0 Å². The molecule has 0 bridgehead atoms. The Morgan fingerprint density at radius 1 is 1.21 bits per heavy atom. The van der Waals surface area contributed by atoms with E-state index < -0.39 is 11.7 Å². The van der Waals surface area contributed by atoms with Crippen LogP contribution < -0.4 is 10.9 Å². The average molecular weight is 404 g/mol. The third-order valence-corrected chi connectivity index (χ3v) is 3.36. The van der Waals surface area contributed by atoms with Crippen molar-refractivity contribution in [3.05, 3.63) is 52.5 Å². The molecule has 0 saturated carbocycles. The largest absolute Gasteiger partial charge is 3.00 e. The molecule has 0 saturated heterocycles. The van der Waals surface area contributed by atoms with Gasteiger partial charge in [-0.3, -0.25) is 9.82 Å². The summed E-state index contributed by atoms with van der Waals surface area (Å²) in [6.07, 6.45) is 0. The van der Waals surface area contributed by atoms with Gasteiger partial charge in [0.2, 0.25) is 0 Å². The first-order valence-corrected chi connectivity index (χ1v) is 7.28. The molecule has 0 fully saturated rings. The number of carbonyl (C=O) groups is 1. The van der Waals surface area contributed by atoms with Crippen molar-refractivity contribution >= 4 is 11.7 Å². The molecular formula is C17H20FN4OY+2. The Bertz CT molecular complexity index is 744. The van der Waals surface area contributed by atoms with Crippen LogP contribution in [0.25, 0.3) is 0 Å². The number of hydrazine groups is 1. The van der Waals surface area contributed by atoms with Crippen LogP contribution in [0.4, 0.5) is 10.2 Å². The van der Waals surface area contributed by atoms with E-state index in [0.29, 0.717) is 11.4 Å². The van der Waals surface area contributed by atoms with Gasteiger partial charge in [0.15, 0.2) is 11.7 Å². The van der Waals surface area contributed by atoms with Gasteiger partial charge in [-0.2, -0.15) is 5.10 Å². The van der Waals surface area contributed by atoms with E-state index in [1.165, 1.54) is 6.07 Å². The second-order valence-electron chi connectivity index (χ2n) is 6.42. The van der Waals surface area contributed by atoms with Crippen molar-refractivity contribution in [2.45, 2.75) is 40.0 Å². The molecule has 0 atom stereocenters. The van der Waals surface area contributed by atoms with Gasteiger partial charge in [-0.25, -0.2) is 0 Å². The van der Waals surface area contributed by atoms with Crippen LogP contribution in [0.5, 0.6) is 0 Å². The van der Waals surface area contributed by atoms with E-state index in [2.05, 4.69) is 47.9 Å². The summed E-state index contributed by atoms with van der Waals surface area (Å²) in [5.74, 6) is -0.854. The van der Waals surface area contributed by atoms with Crippen LogP contribution in [-0.2, 0) is 38.1 Å². The molecular weight excluding hydrogens is 384 g/mol. The van der Waals surface area contributed by atoms with E-state index in [1.807, 2.05) is 13.0 Å². The summed E-state index contributed by atoms with van der Waals surface area (Å²) in [7, 11) is 0. The topological polar surface area (TPSA) is 66.9 Å². The third-order valence-electron chi connectivity index (χ3n) is 3.36. The minimum absolute atomic E-state index is 0. The summed E-state index contributed by atoms with van der Waals surface area (Å²) in [4.78, 5) is 12.0. The molecule has 0 radical (unpaired) electrons. The standard InChI is InChI=1S/C17H20FN4O.Y/c1-10-6-7-14(18)12(8-10)16(23)22-21-15-9-13(17(3,4)5)11(2)19-20-15;/h6-7,9H,1-5H3,(H,20,21)(H,22,23);/q-1;+3. The number of anilines is 1. The molecule has 1 aromatic heterocycles. The molecule has 0 unspecified atom stereocenters. The van der Waals surface area contributed by atoms with Gasteiger partial charge in [-0.15, -0.1) is 28.9 Å². The maximum Gasteiger partial charge on any atom is 3.00 e. The first kappa shape index (κ1) is 20.6. The van der Waals surface area contributed by atoms with Crippen molar-refractivity contribution in [2.75, 3.05) is 5.43 Å². The van der Waals surface area contributed by atoms with Crippen LogP contribution in [0.3, 0.4) is 0 Å². The molecule has 24 heavy (non-hydrogen) atoms. The van der Waals surface area contributed by atoms with Crippen molar-refractivity contribution < 1.29 is 41.9 Å². The zero-order valence-electron chi connectivity index (χ0n) is 14.5. The number of hydrogen-bond donors (Lipinski definition) is 2. The third kappa shape index (κ3) is 5.05. The van der Waals surface area contributed by atoms with Crippen molar-refractivity contribution in [1.29, 1.82) is 0 Å². The molecule has 0 spiro atoms. The van der Waals surface area contributed by atoms with Gasteiger partial charge in [0.25, 0.3) is 0 Å². The van der Waals surface area contributed by atoms with Crippen LogP contribution >= 0.6 is 0 Å². The van der Waals surface area contributed by atoms with Crippen LogP contribution in [0.15, 0.2) is 18.2 Å². The van der Waals surface area contributed by atoms with Gasteiger partial charge in [-0.1, -0.05) is 27.7 Å². The van der Waals surface area contributed by atoms with Gasteiger partial charge >= 0.3 is 32.7 Å². The molecule has 0 aliphatic carbocycles. The smallest absolute Gasteiger partial charge is 0.326 e. The predicted octanol–water partition coefficient (Wildman–Crippen LogP) is 3.08.